The van der Waals surface area contributed by atoms with E-state index in [1.54, 1.807) is 36.9 Å². The number of benzene rings is 2. The predicted octanol–water partition coefficient (Wildman–Crippen LogP) is 12.4. The largest absolute Gasteiger partial charge is 0.507 e. The Morgan fingerprint density at radius 1 is 0.852 bits per heavy atom. The Hall–Kier alpha value is -3.91. The van der Waals surface area contributed by atoms with Gasteiger partial charge >= 0.3 is 5.97 Å². The number of hydrogen-bond acceptors (Lipinski definition) is 7. The summed E-state index contributed by atoms with van der Waals surface area (Å²) in [5.74, 6) is 1.56. The maximum absolute atomic E-state index is 10.0. The first-order valence-electron chi connectivity index (χ1n) is 20.7. The molecule has 0 unspecified atom stereocenters. The van der Waals surface area contributed by atoms with Gasteiger partial charge in [0.25, 0.3) is 0 Å². The highest BCUT2D eigenvalue weighted by molar-refractivity contribution is 5.69. The first-order chi connectivity index (χ1) is 26.1. The average Bonchev–Trinajstić information content (AvgIpc) is 3.15. The molecule has 0 saturated heterocycles. The van der Waals surface area contributed by atoms with Gasteiger partial charge in [0.15, 0.2) is 11.6 Å². The Labute approximate surface area is 329 Å². The number of carbonyl (C=O) groups is 1. The Balaban J connectivity index is 0.000000843. The number of aromatic hydroxyl groups is 1. The molecule has 3 aromatic rings. The lowest BCUT2D eigenvalue weighted by atomic mass is 9.91. The lowest BCUT2D eigenvalue weighted by Gasteiger charge is -2.15. The van der Waals surface area contributed by atoms with E-state index in [4.69, 9.17) is 9.84 Å². The number of phenols is 1. The van der Waals surface area contributed by atoms with Crippen LogP contribution in [0.2, 0.25) is 0 Å². The molecule has 54 heavy (non-hydrogen) atoms. The molecule has 2 aromatic carbocycles. The molecule has 0 aliphatic heterocycles. The number of rotatable bonds is 18. The molecule has 8 heteroatoms. The standard InChI is InChI=1S/C21H24N4O2.C8H14.C7H14O2.C6H14.C4H10/c1-22-14-16-9-7-15(8-10-16)11-12-27-20-13-18(24-25-21(20)23-2)17-5-3-4-6-19(17)26;1-2-3-5-8-6-4-7-8;1-2-3-4-5-6-7(8)9;1-4-5-6(2)3;1-3-4-2/h3-10,13,22,26H,11-12,14H2,1-2H3,(H,23,25);5H,2-4,6-7H2,1H3;2-6H2,1H3,(H,8,9);6H,4-5H2,1-3H3;3-4H2,1-2H3. The van der Waals surface area contributed by atoms with E-state index in [0.717, 1.165) is 38.1 Å². The highest BCUT2D eigenvalue weighted by Crippen LogP contribution is 2.31. The van der Waals surface area contributed by atoms with Crippen LogP contribution in [0.4, 0.5) is 5.82 Å². The van der Waals surface area contributed by atoms with Crippen molar-refractivity contribution in [1.29, 1.82) is 0 Å². The monoisotopic (exact) mass is 749 g/mol. The summed E-state index contributed by atoms with van der Waals surface area (Å²) in [6, 6.07) is 17.3. The predicted molar refractivity (Wildman–Crippen MR) is 231 cm³/mol. The Kier molecular flexibility index (Phi) is 31.2. The number of nitrogens with one attached hydrogen (secondary N) is 2. The van der Waals surface area contributed by atoms with Gasteiger partial charge in [-0.25, -0.2) is 0 Å². The number of carboxylic acids is 1. The topological polar surface area (TPSA) is 117 Å². The third-order valence-corrected chi connectivity index (χ3v) is 8.56. The van der Waals surface area contributed by atoms with Crippen molar-refractivity contribution in [2.75, 3.05) is 26.0 Å². The maximum Gasteiger partial charge on any atom is 0.303 e. The SMILES string of the molecule is CCCC.CCCC(C)C.CCCC=C1CCC1.CCCCCCC(=O)O.CNCc1ccc(CCOc2cc(-c3ccccc3O)nnc2NC)cc1. The number of para-hydroxylation sites is 1. The molecule has 1 aromatic heterocycles. The van der Waals surface area contributed by atoms with Crippen LogP contribution < -0.4 is 15.4 Å². The average molecular weight is 749 g/mol. The highest BCUT2D eigenvalue weighted by atomic mass is 16.5. The Morgan fingerprint density at radius 2 is 1.52 bits per heavy atom. The third-order valence-electron chi connectivity index (χ3n) is 8.56. The lowest BCUT2D eigenvalue weighted by Crippen LogP contribution is -2.07. The number of aromatic nitrogens is 2. The molecule has 1 aliphatic rings. The first-order valence-corrected chi connectivity index (χ1v) is 20.7. The first kappa shape index (κ1) is 50.1. The quantitative estimate of drug-likeness (QED) is 0.0750. The van der Waals surface area contributed by atoms with Crippen molar-refractivity contribution in [3.63, 3.8) is 0 Å². The van der Waals surface area contributed by atoms with Crippen LogP contribution in [0.25, 0.3) is 11.3 Å². The molecule has 0 atom stereocenters. The molecule has 1 heterocycles. The van der Waals surface area contributed by atoms with Crippen molar-refractivity contribution in [3.8, 4) is 22.8 Å². The van der Waals surface area contributed by atoms with Gasteiger partial charge in [0.1, 0.15) is 11.4 Å². The number of carboxylic acid groups (broad SMARTS) is 1. The van der Waals surface area contributed by atoms with Crippen LogP contribution in [-0.2, 0) is 17.8 Å². The number of hydrogen-bond donors (Lipinski definition) is 4. The van der Waals surface area contributed by atoms with Gasteiger partial charge in [0.05, 0.1) is 6.61 Å². The van der Waals surface area contributed by atoms with Crippen LogP contribution in [0.15, 0.2) is 66.2 Å². The van der Waals surface area contributed by atoms with Crippen molar-refractivity contribution >= 4 is 11.8 Å². The van der Waals surface area contributed by atoms with Gasteiger partial charge in [-0.15, -0.1) is 10.2 Å². The molecule has 1 saturated carbocycles. The molecule has 0 spiro atoms. The van der Waals surface area contributed by atoms with E-state index in [1.807, 2.05) is 13.1 Å². The Morgan fingerprint density at radius 3 is 2.00 bits per heavy atom. The molecule has 4 rings (SSSR count). The number of nitrogens with zero attached hydrogens (tertiary/aromatic N) is 2. The Bertz CT molecular complexity index is 1370. The number of allylic oxidation sites excluding steroid dienone is 2. The number of unbranched alkanes of at least 4 members (excludes halogenated alkanes) is 5. The van der Waals surface area contributed by atoms with Crippen molar-refractivity contribution < 1.29 is 19.7 Å². The zero-order valence-electron chi connectivity index (χ0n) is 35.5. The summed E-state index contributed by atoms with van der Waals surface area (Å²) in [4.78, 5) is 9.96. The molecule has 4 N–H and O–H groups in total. The fraction of sp³-hybridized carbons (Fsp3) is 0.587. The summed E-state index contributed by atoms with van der Waals surface area (Å²) in [7, 11) is 3.71. The number of phenolic OH excluding ortho intramolecular Hbond substituents is 1. The number of aliphatic carboxylic acids is 1. The van der Waals surface area contributed by atoms with Crippen LogP contribution in [-0.4, -0.2) is 47.1 Å². The van der Waals surface area contributed by atoms with Crippen molar-refractivity contribution in [2.45, 2.75) is 151 Å². The summed E-state index contributed by atoms with van der Waals surface area (Å²) in [6.07, 6.45) is 19.9. The molecular weight excluding hydrogens is 673 g/mol. The lowest BCUT2D eigenvalue weighted by molar-refractivity contribution is -0.137. The van der Waals surface area contributed by atoms with Gasteiger partial charge in [-0.2, -0.15) is 0 Å². The van der Waals surface area contributed by atoms with Crippen LogP contribution >= 0.6 is 0 Å². The van der Waals surface area contributed by atoms with Crippen LogP contribution in [0.1, 0.15) is 149 Å². The smallest absolute Gasteiger partial charge is 0.303 e. The second-order valence-electron chi connectivity index (χ2n) is 14.0. The van der Waals surface area contributed by atoms with E-state index >= 15 is 0 Å². The third kappa shape index (κ3) is 25.2. The fourth-order valence-electron chi connectivity index (χ4n) is 5.00. The van der Waals surface area contributed by atoms with Crippen molar-refractivity contribution in [2.24, 2.45) is 5.92 Å². The maximum atomic E-state index is 10.0. The van der Waals surface area contributed by atoms with E-state index < -0.39 is 5.97 Å². The minimum Gasteiger partial charge on any atom is -0.507 e. The summed E-state index contributed by atoms with van der Waals surface area (Å²) in [6.45, 7) is 16.8. The molecular formula is C46H76N4O4. The molecule has 0 bridgehead atoms. The van der Waals surface area contributed by atoms with Gasteiger partial charge in [0, 0.05) is 38.1 Å². The normalized spacial score (nSPS) is 11.2. The zero-order chi connectivity index (χ0) is 40.4. The van der Waals surface area contributed by atoms with E-state index in [1.165, 1.54) is 75.3 Å². The van der Waals surface area contributed by atoms with Crippen LogP contribution in [0, 0.1) is 5.92 Å². The number of anilines is 1. The summed E-state index contributed by atoms with van der Waals surface area (Å²) in [5.41, 5.74) is 5.36. The van der Waals surface area contributed by atoms with Crippen molar-refractivity contribution in [1.82, 2.24) is 15.5 Å². The molecule has 0 amide bonds. The highest BCUT2D eigenvalue weighted by Gasteiger charge is 2.12. The fourth-order valence-corrected chi connectivity index (χ4v) is 5.00. The molecule has 8 nitrogen and oxygen atoms in total. The number of ether oxygens (including phenoxy) is 1. The van der Waals surface area contributed by atoms with E-state index in [9.17, 15) is 9.90 Å². The van der Waals surface area contributed by atoms with Gasteiger partial charge in [0.2, 0.25) is 0 Å². The van der Waals surface area contributed by atoms with E-state index in [2.05, 4.69) is 99.6 Å². The van der Waals surface area contributed by atoms with Gasteiger partial charge in [-0.05, 0) is 68.3 Å². The molecule has 1 fully saturated rings. The van der Waals surface area contributed by atoms with Gasteiger partial charge < -0.3 is 25.6 Å². The molecule has 1 aliphatic carbocycles. The van der Waals surface area contributed by atoms with Crippen LogP contribution in [0.5, 0.6) is 11.5 Å². The van der Waals surface area contributed by atoms with E-state index in [-0.39, 0.29) is 5.75 Å². The minimum atomic E-state index is -0.675. The zero-order valence-corrected chi connectivity index (χ0v) is 35.5. The van der Waals surface area contributed by atoms with E-state index in [0.29, 0.717) is 35.9 Å². The minimum absolute atomic E-state index is 0.164. The second kappa shape index (κ2) is 33.6. The molecule has 0 radical (unpaired) electrons. The summed E-state index contributed by atoms with van der Waals surface area (Å²) in [5, 5.41) is 32.7. The van der Waals surface area contributed by atoms with Crippen LogP contribution in [0.3, 0.4) is 0 Å². The molecule has 304 valence electrons. The van der Waals surface area contributed by atoms with Gasteiger partial charge in [-0.3, -0.25) is 4.79 Å². The second-order valence-corrected chi connectivity index (χ2v) is 14.0. The van der Waals surface area contributed by atoms with Crippen molar-refractivity contribution in [3.05, 3.63) is 77.4 Å². The summed E-state index contributed by atoms with van der Waals surface area (Å²) < 4.78 is 5.95. The van der Waals surface area contributed by atoms with Gasteiger partial charge in [-0.1, -0.05) is 148 Å². The summed E-state index contributed by atoms with van der Waals surface area (Å²) >= 11 is 0.